The first kappa shape index (κ1) is 19.8. The van der Waals surface area contributed by atoms with E-state index in [0.29, 0.717) is 18.7 Å². The average Bonchev–Trinajstić information content (AvgIpc) is 3.06. The molecule has 3 aromatic rings. The van der Waals surface area contributed by atoms with Gasteiger partial charge in [-0.3, -0.25) is 4.79 Å². The van der Waals surface area contributed by atoms with Gasteiger partial charge < -0.3 is 10.1 Å². The molecule has 0 aliphatic carbocycles. The van der Waals surface area contributed by atoms with E-state index in [4.69, 9.17) is 4.74 Å². The van der Waals surface area contributed by atoms with Gasteiger partial charge in [-0.25, -0.2) is 4.68 Å². The van der Waals surface area contributed by atoms with E-state index in [2.05, 4.69) is 10.4 Å². The topological polar surface area (TPSA) is 56.2 Å². The van der Waals surface area contributed by atoms with Crippen LogP contribution in [0.5, 0.6) is 0 Å². The fourth-order valence-corrected chi connectivity index (χ4v) is 3.05. The number of hydrogen-bond donors (Lipinski definition) is 1. The van der Waals surface area contributed by atoms with E-state index >= 15 is 0 Å². The van der Waals surface area contributed by atoms with Gasteiger partial charge in [0, 0.05) is 6.54 Å². The summed E-state index contributed by atoms with van der Waals surface area (Å²) >= 11 is 0. The molecule has 1 N–H and O–H groups in total. The maximum atomic E-state index is 12.7. The number of carbonyl (C=O) groups is 1. The zero-order chi connectivity index (χ0) is 20.1. The number of rotatable bonds is 7. The second kappa shape index (κ2) is 8.85. The summed E-state index contributed by atoms with van der Waals surface area (Å²) in [4.78, 5) is 12.7. The molecule has 0 radical (unpaired) electrons. The van der Waals surface area contributed by atoms with Gasteiger partial charge in [0.05, 0.1) is 35.9 Å². The minimum Gasteiger partial charge on any atom is -0.374 e. The van der Waals surface area contributed by atoms with Crippen molar-refractivity contribution in [1.29, 1.82) is 0 Å². The van der Waals surface area contributed by atoms with Gasteiger partial charge in [-0.15, -0.1) is 0 Å². The number of nitrogens with one attached hydrogen (secondary N) is 1. The number of aryl methyl sites for hydroxylation is 1. The van der Waals surface area contributed by atoms with Crippen LogP contribution in [0.2, 0.25) is 0 Å². The predicted molar refractivity (Wildman–Crippen MR) is 111 cm³/mol. The van der Waals surface area contributed by atoms with Crippen LogP contribution in [0.25, 0.3) is 5.69 Å². The summed E-state index contributed by atoms with van der Waals surface area (Å²) in [6.07, 6.45) is 1.79. The van der Waals surface area contributed by atoms with Crippen LogP contribution in [-0.2, 0) is 17.9 Å². The second-order valence-corrected chi connectivity index (χ2v) is 7.21. The molecule has 0 aliphatic heterocycles. The molecule has 2 aromatic carbocycles. The van der Waals surface area contributed by atoms with Crippen LogP contribution < -0.4 is 5.32 Å². The highest BCUT2D eigenvalue weighted by molar-refractivity contribution is 5.95. The summed E-state index contributed by atoms with van der Waals surface area (Å²) in [5.41, 5.74) is 5.65. The largest absolute Gasteiger partial charge is 0.374 e. The number of nitrogens with zero attached hydrogens (tertiary/aromatic N) is 2. The van der Waals surface area contributed by atoms with Crippen LogP contribution in [0.1, 0.15) is 46.6 Å². The number of amides is 1. The number of hydrogen-bond acceptors (Lipinski definition) is 3. The van der Waals surface area contributed by atoms with Crippen molar-refractivity contribution < 1.29 is 9.53 Å². The SMILES string of the molecule is Cc1cccc(-n2ncc(C(=O)NCc3ccccc3COC(C)C)c2C)c1. The van der Waals surface area contributed by atoms with E-state index in [0.717, 1.165) is 28.1 Å². The Morgan fingerprint density at radius 2 is 1.86 bits per heavy atom. The van der Waals surface area contributed by atoms with Crippen molar-refractivity contribution in [2.24, 2.45) is 0 Å². The molecule has 28 heavy (non-hydrogen) atoms. The van der Waals surface area contributed by atoms with Gasteiger partial charge >= 0.3 is 0 Å². The third kappa shape index (κ3) is 4.67. The van der Waals surface area contributed by atoms with Gasteiger partial charge in [0.1, 0.15) is 0 Å². The molecular formula is C23H27N3O2. The first-order valence-corrected chi connectivity index (χ1v) is 9.54. The van der Waals surface area contributed by atoms with Gasteiger partial charge in [0.2, 0.25) is 0 Å². The van der Waals surface area contributed by atoms with Crippen molar-refractivity contribution in [1.82, 2.24) is 15.1 Å². The van der Waals surface area contributed by atoms with E-state index in [9.17, 15) is 4.79 Å². The highest BCUT2D eigenvalue weighted by Gasteiger charge is 2.15. The molecule has 0 atom stereocenters. The highest BCUT2D eigenvalue weighted by atomic mass is 16.5. The summed E-state index contributed by atoms with van der Waals surface area (Å²) < 4.78 is 7.51. The first-order chi connectivity index (χ1) is 13.5. The lowest BCUT2D eigenvalue weighted by Gasteiger charge is -2.13. The second-order valence-electron chi connectivity index (χ2n) is 7.21. The molecule has 1 amide bonds. The van der Waals surface area contributed by atoms with Crippen LogP contribution in [-0.4, -0.2) is 21.8 Å². The number of carbonyl (C=O) groups excluding carboxylic acids is 1. The fraction of sp³-hybridized carbons (Fsp3) is 0.304. The van der Waals surface area contributed by atoms with Crippen molar-refractivity contribution in [3.8, 4) is 5.69 Å². The zero-order valence-corrected chi connectivity index (χ0v) is 16.9. The third-order valence-electron chi connectivity index (χ3n) is 4.63. The van der Waals surface area contributed by atoms with Gasteiger partial charge in [0.25, 0.3) is 5.91 Å². The van der Waals surface area contributed by atoms with Crippen LogP contribution in [0.3, 0.4) is 0 Å². The Morgan fingerprint density at radius 3 is 2.57 bits per heavy atom. The predicted octanol–water partition coefficient (Wildman–Crippen LogP) is 4.34. The van der Waals surface area contributed by atoms with Crippen molar-refractivity contribution in [2.75, 3.05) is 0 Å². The zero-order valence-electron chi connectivity index (χ0n) is 16.9. The molecule has 1 aromatic heterocycles. The van der Waals surface area contributed by atoms with Crippen LogP contribution in [0.15, 0.2) is 54.7 Å². The molecule has 5 heteroatoms. The molecule has 0 unspecified atom stereocenters. The van der Waals surface area contributed by atoms with E-state index in [1.165, 1.54) is 0 Å². The van der Waals surface area contributed by atoms with E-state index < -0.39 is 0 Å². The molecule has 0 saturated carbocycles. The Labute approximate surface area is 166 Å². The van der Waals surface area contributed by atoms with E-state index in [-0.39, 0.29) is 12.0 Å². The number of ether oxygens (including phenoxy) is 1. The molecule has 3 rings (SSSR count). The molecule has 5 nitrogen and oxygen atoms in total. The Kier molecular flexibility index (Phi) is 6.26. The molecule has 146 valence electrons. The van der Waals surface area contributed by atoms with Gasteiger partial charge in [-0.2, -0.15) is 5.10 Å². The Balaban J connectivity index is 1.71. The minimum atomic E-state index is -0.129. The molecule has 0 aliphatic rings. The number of aromatic nitrogens is 2. The molecule has 0 saturated heterocycles. The minimum absolute atomic E-state index is 0.129. The van der Waals surface area contributed by atoms with E-state index in [1.54, 1.807) is 10.9 Å². The standard InChI is InChI=1S/C23H27N3O2/c1-16(2)28-15-20-10-6-5-9-19(20)13-24-23(27)22-14-25-26(18(22)4)21-11-7-8-17(3)12-21/h5-12,14,16H,13,15H2,1-4H3,(H,24,27). The lowest BCUT2D eigenvalue weighted by Crippen LogP contribution is -2.24. The molecule has 0 bridgehead atoms. The summed E-state index contributed by atoms with van der Waals surface area (Å²) in [5.74, 6) is -0.129. The summed E-state index contributed by atoms with van der Waals surface area (Å²) in [6.45, 7) is 8.96. The van der Waals surface area contributed by atoms with E-state index in [1.807, 2.05) is 76.2 Å². The molecule has 0 spiro atoms. The summed E-state index contributed by atoms with van der Waals surface area (Å²) in [7, 11) is 0. The Hall–Kier alpha value is -2.92. The normalized spacial score (nSPS) is 11.0. The maximum absolute atomic E-state index is 12.7. The average molecular weight is 377 g/mol. The monoisotopic (exact) mass is 377 g/mol. The summed E-state index contributed by atoms with van der Waals surface area (Å²) in [5, 5.41) is 7.42. The Bertz CT molecular complexity index is 960. The lowest BCUT2D eigenvalue weighted by atomic mass is 10.1. The van der Waals surface area contributed by atoms with Crippen LogP contribution in [0, 0.1) is 13.8 Å². The first-order valence-electron chi connectivity index (χ1n) is 9.54. The van der Waals surface area contributed by atoms with Gasteiger partial charge in [0.15, 0.2) is 0 Å². The van der Waals surface area contributed by atoms with Gasteiger partial charge in [-0.05, 0) is 56.5 Å². The van der Waals surface area contributed by atoms with Crippen molar-refractivity contribution >= 4 is 5.91 Å². The van der Waals surface area contributed by atoms with Crippen LogP contribution in [0.4, 0.5) is 0 Å². The quantitative estimate of drug-likeness (QED) is 0.666. The third-order valence-corrected chi connectivity index (χ3v) is 4.63. The van der Waals surface area contributed by atoms with Crippen LogP contribution >= 0.6 is 0 Å². The Morgan fingerprint density at radius 1 is 1.11 bits per heavy atom. The smallest absolute Gasteiger partial charge is 0.255 e. The van der Waals surface area contributed by atoms with Crippen molar-refractivity contribution in [3.05, 3.63) is 82.7 Å². The highest BCUT2D eigenvalue weighted by Crippen LogP contribution is 2.16. The maximum Gasteiger partial charge on any atom is 0.255 e. The van der Waals surface area contributed by atoms with Gasteiger partial charge in [-0.1, -0.05) is 36.4 Å². The molecule has 1 heterocycles. The molecule has 0 fully saturated rings. The van der Waals surface area contributed by atoms with Crippen molar-refractivity contribution in [2.45, 2.75) is 47.0 Å². The number of benzene rings is 2. The molecular weight excluding hydrogens is 350 g/mol. The lowest BCUT2D eigenvalue weighted by molar-refractivity contribution is 0.0651. The summed E-state index contributed by atoms with van der Waals surface area (Å²) in [6, 6.07) is 16.1. The fourth-order valence-electron chi connectivity index (χ4n) is 3.05. The van der Waals surface area contributed by atoms with Crippen molar-refractivity contribution in [3.63, 3.8) is 0 Å².